The minimum absolute atomic E-state index is 0.00586. The van der Waals surface area contributed by atoms with Crippen molar-refractivity contribution in [2.75, 3.05) is 52.7 Å². The summed E-state index contributed by atoms with van der Waals surface area (Å²) in [5, 5.41) is 6.24. The van der Waals surface area contributed by atoms with Gasteiger partial charge in [-0.3, -0.25) is 19.1 Å². The van der Waals surface area contributed by atoms with Crippen LogP contribution >= 0.6 is 11.3 Å². The van der Waals surface area contributed by atoms with Gasteiger partial charge in [-0.1, -0.05) is 11.2 Å². The van der Waals surface area contributed by atoms with Gasteiger partial charge in [-0.05, 0) is 70.6 Å². The van der Waals surface area contributed by atoms with E-state index in [0.29, 0.717) is 29.9 Å². The first-order chi connectivity index (χ1) is 21.7. The number of fused-ring (bicyclic) bond motifs is 1. The Morgan fingerprint density at radius 3 is 2.67 bits per heavy atom. The first-order valence-electron chi connectivity index (χ1n) is 14.6. The molecule has 0 saturated carbocycles. The minimum atomic E-state index is -4.92. The van der Waals surface area contributed by atoms with Gasteiger partial charge in [0.1, 0.15) is 18.1 Å². The lowest BCUT2D eigenvalue weighted by Crippen LogP contribution is -2.68. The Hall–Kier alpha value is -3.84. The maximum Gasteiger partial charge on any atom is 0.418 e. The van der Waals surface area contributed by atoms with Gasteiger partial charge >= 0.3 is 10.4 Å². The summed E-state index contributed by atoms with van der Waals surface area (Å²) in [7, 11) is -0.860. The number of ether oxygens (including phenoxy) is 1. The van der Waals surface area contributed by atoms with Gasteiger partial charge in [-0.2, -0.15) is 13.5 Å². The fourth-order valence-electron chi connectivity index (χ4n) is 5.09. The number of anilines is 1. The summed E-state index contributed by atoms with van der Waals surface area (Å²) in [5.74, 6) is -1.09. The zero-order valence-electron chi connectivity index (χ0n) is 26.2. The second-order valence-electron chi connectivity index (χ2n) is 11.7. The number of rotatable bonds is 15. The van der Waals surface area contributed by atoms with Gasteiger partial charge in [-0.25, -0.2) is 4.98 Å². The average Bonchev–Trinajstić information content (AvgIpc) is 3.42. The monoisotopic (exact) mass is 680 g/mol. The Morgan fingerprint density at radius 1 is 1.26 bits per heavy atom. The predicted molar refractivity (Wildman–Crippen MR) is 171 cm³/mol. The van der Waals surface area contributed by atoms with Crippen LogP contribution in [0.15, 0.2) is 33.7 Å². The molecule has 2 aliphatic heterocycles. The van der Waals surface area contributed by atoms with Crippen LogP contribution in [0.5, 0.6) is 5.75 Å². The summed E-state index contributed by atoms with van der Waals surface area (Å²) < 4.78 is 41.4. The lowest BCUT2D eigenvalue weighted by atomic mass is 9.74. The van der Waals surface area contributed by atoms with Crippen LogP contribution in [0.3, 0.4) is 0 Å². The SMILES string of the molecule is CN(C)CCCN=C(N)N1CCc2cc(OCCO/N=C(\C(=O)CC3C(=O)N(OS(=O)(=O)O)C3(C)C)c3csc(N)n3)ccc2C1. The number of Topliss-reactive ketones (excluding diaryl/α,β-unsaturated/α-hetero) is 1. The molecule has 1 amide bonds. The first kappa shape index (κ1) is 35.0. The number of carbonyl (C=O) groups is 2. The van der Waals surface area contributed by atoms with Crippen LogP contribution in [0.25, 0.3) is 0 Å². The van der Waals surface area contributed by atoms with Gasteiger partial charge in [0.2, 0.25) is 0 Å². The van der Waals surface area contributed by atoms with E-state index < -0.39 is 33.5 Å². The molecule has 2 aliphatic rings. The smallest absolute Gasteiger partial charge is 0.418 e. The Kier molecular flexibility index (Phi) is 11.2. The number of oxime groups is 1. The molecule has 1 aromatic heterocycles. The van der Waals surface area contributed by atoms with Crippen molar-refractivity contribution in [3.63, 3.8) is 0 Å². The highest BCUT2D eigenvalue weighted by Gasteiger charge is 2.57. The minimum Gasteiger partial charge on any atom is -0.490 e. The molecule has 252 valence electrons. The van der Waals surface area contributed by atoms with E-state index in [0.717, 1.165) is 48.4 Å². The van der Waals surface area contributed by atoms with Gasteiger partial charge in [0, 0.05) is 31.4 Å². The zero-order chi connectivity index (χ0) is 33.6. The van der Waals surface area contributed by atoms with Crippen LogP contribution in [0.4, 0.5) is 5.13 Å². The Balaban J connectivity index is 1.31. The Morgan fingerprint density at radius 2 is 2.02 bits per heavy atom. The number of hydrogen-bond acceptors (Lipinski definition) is 13. The number of thiazole rings is 1. The average molecular weight is 681 g/mol. The highest BCUT2D eigenvalue weighted by molar-refractivity contribution is 7.80. The fraction of sp³-hybridized carbons (Fsp3) is 0.536. The summed E-state index contributed by atoms with van der Waals surface area (Å²) in [6, 6.07) is 5.86. The number of β-lactam (4-membered cyclic amide) rings is 1. The molecule has 0 aliphatic carbocycles. The van der Waals surface area contributed by atoms with E-state index in [1.165, 1.54) is 19.2 Å². The standard InChI is InChI=1S/C28H40N8O8S2/c1-28(2)21(25(38)36(28)44-46(39,40)41)15-23(37)24(22-17-45-27(30)32-22)33-43-13-12-42-20-7-6-19-16-35(11-8-18(19)14-20)26(29)31-9-5-10-34(3)4/h6-7,14,17,21H,5,8-13,15-16H2,1-4H3,(H2,29,31)(H2,30,32)(H,39,40,41)/b33-24-. The number of amides is 1. The molecule has 1 atom stereocenters. The molecule has 0 radical (unpaired) electrons. The summed E-state index contributed by atoms with van der Waals surface area (Å²) in [5.41, 5.74) is 13.1. The summed E-state index contributed by atoms with van der Waals surface area (Å²) >= 11 is 1.10. The number of carbonyl (C=O) groups excluding carboxylic acids is 2. The van der Waals surface area contributed by atoms with Crippen LogP contribution in [0, 0.1) is 5.92 Å². The topological polar surface area (TPSA) is 216 Å². The number of aliphatic imine (C=N–C) groups is 1. The van der Waals surface area contributed by atoms with Crippen molar-refractivity contribution in [3.8, 4) is 5.75 Å². The van der Waals surface area contributed by atoms with E-state index >= 15 is 0 Å². The van der Waals surface area contributed by atoms with E-state index in [9.17, 15) is 18.0 Å². The van der Waals surface area contributed by atoms with Crippen molar-refractivity contribution in [1.29, 1.82) is 0 Å². The van der Waals surface area contributed by atoms with Gasteiger partial charge in [0.15, 0.2) is 29.2 Å². The number of ketones is 1. The molecule has 18 heteroatoms. The second kappa shape index (κ2) is 14.7. The summed E-state index contributed by atoms with van der Waals surface area (Å²) in [6.07, 6.45) is 1.40. The highest BCUT2D eigenvalue weighted by Crippen LogP contribution is 2.40. The van der Waals surface area contributed by atoms with Crippen LogP contribution in [-0.4, -0.2) is 109 Å². The van der Waals surface area contributed by atoms with Gasteiger partial charge in [0.25, 0.3) is 5.91 Å². The lowest BCUT2D eigenvalue weighted by Gasteiger charge is -2.50. The number of aromatic nitrogens is 1. The second-order valence-corrected chi connectivity index (χ2v) is 13.6. The third-order valence-corrected chi connectivity index (χ3v) is 8.62. The van der Waals surface area contributed by atoms with E-state index in [-0.39, 0.29) is 36.2 Å². The maximum absolute atomic E-state index is 13.2. The summed E-state index contributed by atoms with van der Waals surface area (Å²) in [6.45, 7) is 6.21. The molecule has 5 N–H and O–H groups in total. The molecular formula is C28H40N8O8S2. The summed E-state index contributed by atoms with van der Waals surface area (Å²) in [4.78, 5) is 44.0. The highest BCUT2D eigenvalue weighted by atomic mass is 32.3. The molecule has 3 heterocycles. The molecule has 0 bridgehead atoms. The number of guanidine groups is 1. The molecule has 1 aromatic carbocycles. The van der Waals surface area contributed by atoms with Gasteiger partial charge in [0.05, 0.1) is 11.5 Å². The molecular weight excluding hydrogens is 640 g/mol. The third-order valence-electron chi connectivity index (χ3n) is 7.61. The molecule has 16 nitrogen and oxygen atoms in total. The van der Waals surface area contributed by atoms with Gasteiger partial charge in [-0.15, -0.1) is 15.6 Å². The normalized spacial score (nSPS) is 18.4. The van der Waals surface area contributed by atoms with Crippen molar-refractivity contribution >= 4 is 50.2 Å². The number of benzene rings is 1. The van der Waals surface area contributed by atoms with Crippen molar-refractivity contribution in [1.82, 2.24) is 19.8 Å². The number of nitrogens with zero attached hydrogens (tertiary/aromatic N) is 6. The third kappa shape index (κ3) is 8.91. The van der Waals surface area contributed by atoms with Crippen LogP contribution in [-0.2, 0) is 42.1 Å². The number of hydrogen-bond donors (Lipinski definition) is 3. The van der Waals surface area contributed by atoms with Crippen molar-refractivity contribution < 1.29 is 36.4 Å². The van der Waals surface area contributed by atoms with Crippen LogP contribution < -0.4 is 16.2 Å². The molecule has 1 unspecified atom stereocenters. The Labute approximate surface area is 271 Å². The molecule has 1 fully saturated rings. The van der Waals surface area contributed by atoms with Crippen molar-refractivity contribution in [3.05, 3.63) is 40.4 Å². The Bertz CT molecular complexity index is 1590. The van der Waals surface area contributed by atoms with E-state index in [1.807, 2.05) is 32.3 Å². The molecule has 46 heavy (non-hydrogen) atoms. The number of nitrogen functional groups attached to an aromatic ring is 1. The lowest BCUT2D eigenvalue weighted by molar-refractivity contribution is -0.228. The van der Waals surface area contributed by atoms with E-state index in [1.54, 1.807) is 0 Å². The number of nitrogens with two attached hydrogens (primary N) is 2. The van der Waals surface area contributed by atoms with Crippen molar-refractivity contribution in [2.24, 2.45) is 21.8 Å². The fourth-order valence-corrected chi connectivity index (χ4v) is 6.09. The van der Waals surface area contributed by atoms with Crippen LogP contribution in [0.1, 0.15) is 43.5 Å². The molecule has 0 spiro atoms. The zero-order valence-corrected chi connectivity index (χ0v) is 27.8. The number of hydroxylamine groups is 2. The molecule has 1 saturated heterocycles. The largest absolute Gasteiger partial charge is 0.490 e. The molecule has 2 aromatic rings. The predicted octanol–water partition coefficient (Wildman–Crippen LogP) is 1.08. The first-order valence-corrected chi connectivity index (χ1v) is 16.8. The van der Waals surface area contributed by atoms with E-state index in [4.69, 9.17) is 25.6 Å². The molecule has 4 rings (SSSR count). The van der Waals surface area contributed by atoms with E-state index in [2.05, 4.69) is 29.2 Å². The quantitative estimate of drug-likeness (QED) is 0.0600. The van der Waals surface area contributed by atoms with Crippen molar-refractivity contribution in [2.45, 2.75) is 45.2 Å². The van der Waals surface area contributed by atoms with Crippen LogP contribution in [0.2, 0.25) is 0 Å². The maximum atomic E-state index is 13.2. The van der Waals surface area contributed by atoms with Gasteiger partial charge < -0.3 is 30.8 Å².